The maximum atomic E-state index is 8.80. The van der Waals surface area contributed by atoms with Gasteiger partial charge in [0.25, 0.3) is 0 Å². The summed E-state index contributed by atoms with van der Waals surface area (Å²) in [6.45, 7) is 0. The van der Waals surface area contributed by atoms with Crippen LogP contribution in [0.2, 0.25) is 0 Å². The van der Waals surface area contributed by atoms with Crippen molar-refractivity contribution < 1.29 is 4.74 Å². The third-order valence-electron chi connectivity index (χ3n) is 14.7. The fourth-order valence-corrected chi connectivity index (χ4v) is 10.8. The van der Waals surface area contributed by atoms with E-state index in [0.717, 1.165) is 67.5 Å². The molecule has 0 N–H and O–H groups in total. The Kier molecular flexibility index (Phi) is 15.7. The minimum atomic E-state index is -1.70. The van der Waals surface area contributed by atoms with Crippen LogP contribution < -0.4 is 0 Å². The van der Waals surface area contributed by atoms with Crippen LogP contribution in [0.1, 0.15) is 102 Å². The molecule has 0 aliphatic carbocycles. The van der Waals surface area contributed by atoms with Crippen molar-refractivity contribution in [2.24, 2.45) is 0 Å². The van der Waals surface area contributed by atoms with Crippen LogP contribution in [0.15, 0.2) is 291 Å². The third-order valence-corrected chi connectivity index (χ3v) is 14.7. The molecule has 6 heterocycles. The van der Waals surface area contributed by atoms with E-state index >= 15 is 0 Å². The number of rotatable bonds is 20. The molecule has 12 rings (SSSR count). The largest absolute Gasteiger partial charge is 0.330 e. The summed E-state index contributed by atoms with van der Waals surface area (Å²) in [5, 5.41) is 0. The minimum absolute atomic E-state index is 0.577. The summed E-state index contributed by atoms with van der Waals surface area (Å²) in [5.41, 5.74) is 12.1. The minimum Gasteiger partial charge on any atom is -0.330 e. The van der Waals surface area contributed by atoms with Crippen molar-refractivity contribution in [1.29, 1.82) is 0 Å². The third kappa shape index (κ3) is 12.1. The fraction of sp³-hybridized carbons (Fsp3) is 0.108. The van der Waals surface area contributed by atoms with Crippen molar-refractivity contribution in [3.63, 3.8) is 0 Å². The van der Waals surface area contributed by atoms with Crippen LogP contribution in [0, 0.1) is 0 Å². The molecule has 0 saturated carbocycles. The Morgan fingerprint density at radius 1 is 0.185 bits per heavy atom. The molecule has 0 bridgehead atoms. The van der Waals surface area contributed by atoms with E-state index in [2.05, 4.69) is 255 Å². The predicted molar refractivity (Wildman–Crippen MR) is 322 cm³/mol. The molecule has 7 heteroatoms. The maximum Gasteiger partial charge on any atom is 0.196 e. The molecule has 0 fully saturated rings. The van der Waals surface area contributed by atoms with Crippen LogP contribution >= 0.6 is 0 Å². The molecular weight excluding hydrogens is 989 g/mol. The van der Waals surface area contributed by atoms with Gasteiger partial charge in [0.15, 0.2) is 11.2 Å². The number of hydrogen-bond acceptors (Lipinski definition) is 7. The Morgan fingerprint density at radius 3 is 0.506 bits per heavy atom. The second kappa shape index (κ2) is 24.5. The lowest BCUT2D eigenvalue weighted by molar-refractivity contribution is -0.0939. The van der Waals surface area contributed by atoms with Crippen LogP contribution in [0.5, 0.6) is 0 Å². The van der Waals surface area contributed by atoms with E-state index in [1.807, 2.05) is 36.4 Å². The Labute approximate surface area is 474 Å². The number of benzene rings is 6. The summed E-state index contributed by atoms with van der Waals surface area (Å²) < 4.78 is 8.80. The van der Waals surface area contributed by atoms with E-state index in [1.165, 1.54) is 0 Å². The first-order valence-electron chi connectivity index (χ1n) is 27.8. The van der Waals surface area contributed by atoms with Crippen LogP contribution in [-0.2, 0) is 54.5 Å². The number of pyridine rings is 6. The number of aromatic nitrogens is 6. The van der Waals surface area contributed by atoms with Gasteiger partial charge >= 0.3 is 0 Å². The lowest BCUT2D eigenvalue weighted by Gasteiger charge is -2.43. The average molecular weight is 1050 g/mol. The lowest BCUT2D eigenvalue weighted by Crippen LogP contribution is -2.47. The highest BCUT2D eigenvalue weighted by molar-refractivity contribution is 5.48. The molecule has 12 aromatic rings. The van der Waals surface area contributed by atoms with Gasteiger partial charge in [-0.15, -0.1) is 0 Å². The van der Waals surface area contributed by atoms with Gasteiger partial charge < -0.3 is 4.74 Å². The molecule has 7 nitrogen and oxygen atoms in total. The zero-order valence-electron chi connectivity index (χ0n) is 45.0. The van der Waals surface area contributed by atoms with E-state index < -0.39 is 11.2 Å². The average Bonchev–Trinajstić information content (AvgIpc) is 3.67. The Bertz CT molecular complexity index is 3300. The molecule has 81 heavy (non-hydrogen) atoms. The molecular formula is C74H60N6O. The smallest absolute Gasteiger partial charge is 0.196 e. The predicted octanol–water partition coefficient (Wildman–Crippen LogP) is 14.9. The molecule has 0 unspecified atom stereocenters. The number of ether oxygens (including phenoxy) is 1. The molecule has 0 aliphatic rings. The molecule has 0 amide bonds. The second-order valence-electron chi connectivity index (χ2n) is 20.5. The van der Waals surface area contributed by atoms with Gasteiger partial charge in [0.1, 0.15) is 0 Å². The van der Waals surface area contributed by atoms with Crippen molar-refractivity contribution in [3.05, 3.63) is 393 Å². The molecule has 6 aromatic carbocycles. The first-order valence-corrected chi connectivity index (χ1v) is 27.8. The lowest BCUT2D eigenvalue weighted by atomic mass is 9.83. The Morgan fingerprint density at radius 2 is 0.346 bits per heavy atom. The normalized spacial score (nSPS) is 11.6. The zero-order chi connectivity index (χ0) is 54.5. The van der Waals surface area contributed by atoms with Gasteiger partial charge in [-0.05, 0) is 106 Å². The van der Waals surface area contributed by atoms with E-state index in [0.29, 0.717) is 72.7 Å². The molecule has 0 aliphatic heterocycles. The van der Waals surface area contributed by atoms with Crippen LogP contribution in [0.25, 0.3) is 0 Å². The highest BCUT2D eigenvalue weighted by Gasteiger charge is 2.54. The topological polar surface area (TPSA) is 86.6 Å². The summed E-state index contributed by atoms with van der Waals surface area (Å²) in [5.74, 6) is 0. The van der Waals surface area contributed by atoms with Crippen LogP contribution in [0.4, 0.5) is 0 Å². The highest BCUT2D eigenvalue weighted by Crippen LogP contribution is 2.49. The summed E-state index contributed by atoms with van der Waals surface area (Å²) in [6.07, 6.45) is 3.46. The highest BCUT2D eigenvalue weighted by atomic mass is 16.5. The van der Waals surface area contributed by atoms with Crippen molar-refractivity contribution in [2.75, 3.05) is 0 Å². The van der Waals surface area contributed by atoms with Crippen molar-refractivity contribution in [2.45, 2.75) is 49.7 Å². The van der Waals surface area contributed by atoms with Crippen LogP contribution in [-0.4, -0.2) is 29.9 Å². The fourth-order valence-electron chi connectivity index (χ4n) is 10.8. The van der Waals surface area contributed by atoms with Gasteiger partial charge in [0.2, 0.25) is 0 Å². The molecule has 0 radical (unpaired) electrons. The van der Waals surface area contributed by atoms with Crippen LogP contribution in [0.3, 0.4) is 0 Å². The van der Waals surface area contributed by atoms with Gasteiger partial charge in [-0.3, -0.25) is 29.9 Å². The van der Waals surface area contributed by atoms with Gasteiger partial charge in [-0.1, -0.05) is 218 Å². The summed E-state index contributed by atoms with van der Waals surface area (Å²) >= 11 is 0. The first kappa shape index (κ1) is 51.9. The second-order valence-corrected chi connectivity index (χ2v) is 20.5. The van der Waals surface area contributed by atoms with Gasteiger partial charge in [0.05, 0.1) is 34.2 Å². The first-order chi connectivity index (χ1) is 40.0. The van der Waals surface area contributed by atoms with E-state index in [-0.39, 0.29) is 0 Å². The number of nitrogens with zero attached hydrogens (tertiary/aromatic N) is 6. The van der Waals surface area contributed by atoms with Crippen molar-refractivity contribution >= 4 is 0 Å². The van der Waals surface area contributed by atoms with Crippen molar-refractivity contribution in [3.8, 4) is 0 Å². The maximum absolute atomic E-state index is 8.80. The zero-order valence-corrected chi connectivity index (χ0v) is 45.0. The molecule has 6 aromatic heterocycles. The monoisotopic (exact) mass is 1050 g/mol. The SMILES string of the molecule is c1ccc(Cc2cccc(C(OC(c3cccc(Cc4ccccc4)n3)(c3cccc(Cc4ccccc4)n3)c3cccc(Cc4ccccc4)n3)(c3cccc(Cc4ccccc4)n3)c3cccc(Cc4ccccc4)n3)n2)cc1. The molecule has 0 saturated heterocycles. The van der Waals surface area contributed by atoms with Crippen molar-refractivity contribution in [1.82, 2.24) is 29.9 Å². The summed E-state index contributed by atoms with van der Waals surface area (Å²) in [7, 11) is 0. The molecule has 0 atom stereocenters. The van der Waals surface area contributed by atoms with E-state index in [4.69, 9.17) is 34.6 Å². The summed E-state index contributed by atoms with van der Waals surface area (Å²) in [6, 6.07) is 100. The standard InChI is InChI=1S/C74H60N6O/c1-7-25-55(26-8-1)49-61-37-19-43-67(75-61)73(68-44-20-38-62(76-68)50-56-27-9-2-10-28-56,69-45-21-39-63(77-69)51-57-29-11-3-12-30-57)81-74(70-46-22-40-64(78-70)52-58-31-13-4-14-32-58,71-47-23-41-65(79-71)53-59-33-15-5-16-34-59)72-48-24-42-66(80-72)54-60-35-17-6-18-36-60/h1-48H,49-54H2. The summed E-state index contributed by atoms with van der Waals surface area (Å²) in [4.78, 5) is 34.4. The quantitative estimate of drug-likeness (QED) is 0.0751. The van der Waals surface area contributed by atoms with Gasteiger partial charge in [-0.2, -0.15) is 0 Å². The number of hydrogen-bond donors (Lipinski definition) is 0. The van der Waals surface area contributed by atoms with E-state index in [9.17, 15) is 0 Å². The Balaban J connectivity index is 1.18. The van der Waals surface area contributed by atoms with Gasteiger partial charge in [-0.25, -0.2) is 0 Å². The molecule has 392 valence electrons. The van der Waals surface area contributed by atoms with E-state index in [1.54, 1.807) is 0 Å². The Hall–Kier alpha value is -9.82. The van der Waals surface area contributed by atoms with Gasteiger partial charge in [0, 0.05) is 72.7 Å². The molecule has 0 spiro atoms.